The minimum Gasteiger partial charge on any atom is -0.322 e. The molecule has 1 atom stereocenters. The van der Waals surface area contributed by atoms with Gasteiger partial charge in [-0.3, -0.25) is 0 Å². The van der Waals surface area contributed by atoms with Gasteiger partial charge >= 0.3 is 0 Å². The van der Waals surface area contributed by atoms with Crippen molar-refractivity contribution in [1.82, 2.24) is 0 Å². The van der Waals surface area contributed by atoms with Gasteiger partial charge in [-0.25, -0.2) is 4.39 Å². The van der Waals surface area contributed by atoms with Gasteiger partial charge in [-0.1, -0.05) is 29.3 Å². The van der Waals surface area contributed by atoms with Gasteiger partial charge in [0.25, 0.3) is 0 Å². The molecule has 5 heteroatoms. The molecule has 0 amide bonds. The van der Waals surface area contributed by atoms with Gasteiger partial charge in [0, 0.05) is 15.4 Å². The minimum atomic E-state index is -0.688. The van der Waals surface area contributed by atoms with E-state index in [1.165, 1.54) is 17.0 Å². The van der Waals surface area contributed by atoms with E-state index in [0.717, 1.165) is 6.42 Å². The topological polar surface area (TPSA) is 26.0 Å². The van der Waals surface area contributed by atoms with Crippen LogP contribution in [0.3, 0.4) is 0 Å². The lowest BCUT2D eigenvalue weighted by Crippen LogP contribution is -2.34. The second kappa shape index (κ2) is 5.80. The molecule has 2 N–H and O–H groups in total. The zero-order valence-corrected chi connectivity index (χ0v) is 12.7. The molecule has 1 aromatic heterocycles. The molecular weight excluding hydrogens is 304 g/mol. The van der Waals surface area contributed by atoms with Gasteiger partial charge in [0.05, 0.1) is 5.02 Å². The Morgan fingerprint density at radius 3 is 2.68 bits per heavy atom. The van der Waals surface area contributed by atoms with Crippen molar-refractivity contribution < 1.29 is 4.39 Å². The summed E-state index contributed by atoms with van der Waals surface area (Å²) in [6.07, 6.45) is 1.53. The number of halogens is 3. The molecule has 0 radical (unpaired) electrons. The molecule has 0 aliphatic rings. The first-order valence-electron chi connectivity index (χ1n) is 5.86. The van der Waals surface area contributed by atoms with Crippen LogP contribution in [0.15, 0.2) is 29.6 Å². The Kier molecular flexibility index (Phi) is 4.51. The lowest BCUT2D eigenvalue weighted by Gasteiger charge is -2.26. The fourth-order valence-corrected chi connectivity index (χ4v) is 3.24. The van der Waals surface area contributed by atoms with E-state index >= 15 is 0 Å². The molecule has 2 aromatic rings. The van der Waals surface area contributed by atoms with Gasteiger partial charge in [0.1, 0.15) is 5.82 Å². The van der Waals surface area contributed by atoms with Crippen LogP contribution in [0.25, 0.3) is 0 Å². The highest BCUT2D eigenvalue weighted by molar-refractivity contribution is 7.09. The van der Waals surface area contributed by atoms with Crippen LogP contribution in [0.4, 0.5) is 4.39 Å². The van der Waals surface area contributed by atoms with Crippen molar-refractivity contribution in [2.24, 2.45) is 5.73 Å². The fraction of sp³-hybridized carbons (Fsp3) is 0.286. The third-order valence-corrected chi connectivity index (χ3v) is 4.63. The molecule has 1 heterocycles. The summed E-state index contributed by atoms with van der Waals surface area (Å²) in [7, 11) is 0. The molecule has 1 unspecified atom stereocenters. The number of benzene rings is 1. The molecule has 0 saturated carbocycles. The number of hydrogen-bond acceptors (Lipinski definition) is 2. The van der Waals surface area contributed by atoms with Crippen molar-refractivity contribution >= 4 is 34.5 Å². The molecule has 0 aliphatic heterocycles. The molecule has 19 heavy (non-hydrogen) atoms. The fourth-order valence-electron chi connectivity index (χ4n) is 1.93. The summed E-state index contributed by atoms with van der Waals surface area (Å²) in [5, 5.41) is 2.45. The molecule has 0 spiro atoms. The summed E-state index contributed by atoms with van der Waals surface area (Å²) in [4.78, 5) is 1.25. The van der Waals surface area contributed by atoms with E-state index in [1.807, 2.05) is 18.4 Å². The highest BCUT2D eigenvalue weighted by Crippen LogP contribution is 2.33. The molecule has 0 bridgehead atoms. The number of hydrogen-bond donors (Lipinski definition) is 1. The molecular formula is C14H14Cl2FNS. The van der Waals surface area contributed by atoms with Gasteiger partial charge in [-0.15, -0.1) is 11.3 Å². The Bertz CT molecular complexity index is 567. The van der Waals surface area contributed by atoms with E-state index in [2.05, 4.69) is 6.07 Å². The predicted molar refractivity (Wildman–Crippen MR) is 80.6 cm³/mol. The molecule has 1 aromatic carbocycles. The van der Waals surface area contributed by atoms with E-state index in [4.69, 9.17) is 28.9 Å². The molecule has 0 saturated heterocycles. The van der Waals surface area contributed by atoms with Gasteiger partial charge in [0.15, 0.2) is 0 Å². The smallest absolute Gasteiger partial charge is 0.142 e. The first kappa shape index (κ1) is 14.8. The number of aryl methyl sites for hydroxylation is 1. The second-order valence-corrected chi connectivity index (χ2v) is 6.59. The lowest BCUT2D eigenvalue weighted by atomic mass is 9.88. The maximum Gasteiger partial charge on any atom is 0.142 e. The van der Waals surface area contributed by atoms with E-state index in [-0.39, 0.29) is 5.02 Å². The van der Waals surface area contributed by atoms with Crippen LogP contribution < -0.4 is 5.73 Å². The summed E-state index contributed by atoms with van der Waals surface area (Å²) in [5.74, 6) is -0.492. The zero-order chi connectivity index (χ0) is 14.0. The average Bonchev–Trinajstić information content (AvgIpc) is 2.84. The summed E-state index contributed by atoms with van der Waals surface area (Å²) >= 11 is 13.5. The van der Waals surface area contributed by atoms with Gasteiger partial charge in [0.2, 0.25) is 0 Å². The first-order valence-corrected chi connectivity index (χ1v) is 7.50. The van der Waals surface area contributed by atoms with Crippen LogP contribution in [0.2, 0.25) is 10.0 Å². The summed E-state index contributed by atoms with van der Waals surface area (Å²) in [6, 6.07) is 6.80. The van der Waals surface area contributed by atoms with E-state index in [0.29, 0.717) is 17.0 Å². The van der Waals surface area contributed by atoms with Crippen LogP contribution in [-0.4, -0.2) is 0 Å². The minimum absolute atomic E-state index is 0.0165. The van der Waals surface area contributed by atoms with Crippen molar-refractivity contribution in [1.29, 1.82) is 0 Å². The maximum atomic E-state index is 13.6. The molecule has 0 aliphatic carbocycles. The van der Waals surface area contributed by atoms with Crippen molar-refractivity contribution in [2.45, 2.75) is 25.3 Å². The standard InChI is InChI=1S/C14H14Cl2FNS/c1-14(18,5-4-9-3-2-6-19-9)10-7-13(17)12(16)8-11(10)15/h2-3,6-8H,4-5,18H2,1H3. The zero-order valence-electron chi connectivity index (χ0n) is 10.4. The average molecular weight is 318 g/mol. The van der Waals surface area contributed by atoms with Gasteiger partial charge in [-0.05, 0) is 48.9 Å². The SMILES string of the molecule is CC(N)(CCc1cccs1)c1cc(F)c(Cl)cc1Cl. The van der Waals surface area contributed by atoms with Crippen molar-refractivity contribution in [3.05, 3.63) is 55.9 Å². The van der Waals surface area contributed by atoms with Gasteiger partial charge < -0.3 is 5.73 Å². The highest BCUT2D eigenvalue weighted by atomic mass is 35.5. The van der Waals surface area contributed by atoms with Gasteiger partial charge in [-0.2, -0.15) is 0 Å². The molecule has 1 nitrogen and oxygen atoms in total. The van der Waals surface area contributed by atoms with Crippen molar-refractivity contribution in [3.63, 3.8) is 0 Å². The van der Waals surface area contributed by atoms with E-state index < -0.39 is 11.4 Å². The quantitative estimate of drug-likeness (QED) is 0.789. The number of rotatable bonds is 4. The third kappa shape index (κ3) is 3.48. The Labute approximate surface area is 126 Å². The van der Waals surface area contributed by atoms with Crippen molar-refractivity contribution in [3.8, 4) is 0 Å². The summed E-state index contributed by atoms with van der Waals surface area (Å²) in [6.45, 7) is 1.86. The molecule has 2 rings (SSSR count). The normalized spacial score (nSPS) is 14.4. The largest absolute Gasteiger partial charge is 0.322 e. The van der Waals surface area contributed by atoms with E-state index in [1.54, 1.807) is 11.3 Å². The molecule has 102 valence electrons. The number of thiophene rings is 1. The van der Waals surface area contributed by atoms with Crippen LogP contribution in [0.1, 0.15) is 23.8 Å². The van der Waals surface area contributed by atoms with Crippen LogP contribution in [-0.2, 0) is 12.0 Å². The first-order chi connectivity index (χ1) is 8.90. The third-order valence-electron chi connectivity index (χ3n) is 3.10. The lowest BCUT2D eigenvalue weighted by molar-refractivity contribution is 0.451. The summed E-state index contributed by atoms with van der Waals surface area (Å²) in [5.41, 5.74) is 6.19. The van der Waals surface area contributed by atoms with Crippen LogP contribution in [0, 0.1) is 5.82 Å². The Morgan fingerprint density at radius 2 is 2.05 bits per heavy atom. The summed E-state index contributed by atoms with van der Waals surface area (Å²) < 4.78 is 13.6. The predicted octanol–water partition coefficient (Wildman–Crippen LogP) is 5.00. The van der Waals surface area contributed by atoms with E-state index in [9.17, 15) is 4.39 Å². The Morgan fingerprint density at radius 1 is 1.32 bits per heavy atom. The second-order valence-electron chi connectivity index (χ2n) is 4.74. The maximum absolute atomic E-state index is 13.6. The number of nitrogens with two attached hydrogens (primary N) is 1. The molecule has 0 fully saturated rings. The monoisotopic (exact) mass is 317 g/mol. The Balaban J connectivity index is 2.21. The Hall–Kier alpha value is -0.610. The highest BCUT2D eigenvalue weighted by Gasteiger charge is 2.25. The van der Waals surface area contributed by atoms with Crippen LogP contribution >= 0.6 is 34.5 Å². The van der Waals surface area contributed by atoms with Crippen LogP contribution in [0.5, 0.6) is 0 Å². The van der Waals surface area contributed by atoms with Crippen molar-refractivity contribution in [2.75, 3.05) is 0 Å².